The molecule has 1 N–H and O–H groups in total. The molecule has 1 aromatic rings. The molecule has 1 heterocycles. The number of carbonyl (C=O) groups excluding carboxylic acids is 1. The normalized spacial score (nSPS) is 15.3. The summed E-state index contributed by atoms with van der Waals surface area (Å²) in [5.74, 6) is -1.93. The number of anilines is 1. The minimum Gasteiger partial charge on any atom is -0.493 e. The van der Waals surface area contributed by atoms with Crippen LogP contribution in [0.4, 0.5) is 19.3 Å². The molecule has 2 amide bonds. The quantitative estimate of drug-likeness (QED) is 0.834. The molecule has 0 radical (unpaired) electrons. The Balaban J connectivity index is 2.10. The number of nitrogens with zero attached hydrogens (tertiary/aromatic N) is 1. The number of halogens is 2. The van der Waals surface area contributed by atoms with Crippen molar-refractivity contribution in [1.82, 2.24) is 5.32 Å². The molecule has 0 bridgehead atoms. The summed E-state index contributed by atoms with van der Waals surface area (Å²) in [4.78, 5) is 13.5. The summed E-state index contributed by atoms with van der Waals surface area (Å²) in [6.45, 7) is 2.58. The van der Waals surface area contributed by atoms with E-state index < -0.39 is 5.92 Å². The highest BCUT2D eigenvalue weighted by Gasteiger charge is 2.26. The molecule has 1 saturated heterocycles. The maximum absolute atomic E-state index is 13.3. The third-order valence-electron chi connectivity index (χ3n) is 3.78. The molecule has 1 aromatic carbocycles. The maximum Gasteiger partial charge on any atom is 0.321 e. The van der Waals surface area contributed by atoms with Crippen LogP contribution in [0.5, 0.6) is 11.5 Å². The number of amides is 2. The van der Waals surface area contributed by atoms with E-state index in [-0.39, 0.29) is 25.5 Å². The van der Waals surface area contributed by atoms with E-state index in [0.29, 0.717) is 30.3 Å². The van der Waals surface area contributed by atoms with Crippen LogP contribution in [-0.2, 0) is 0 Å². The highest BCUT2D eigenvalue weighted by Crippen LogP contribution is 2.33. The zero-order valence-electron chi connectivity index (χ0n) is 13.4. The molecule has 0 aromatic heterocycles. The van der Waals surface area contributed by atoms with Gasteiger partial charge in [0.05, 0.1) is 13.7 Å². The molecule has 7 heteroatoms. The van der Waals surface area contributed by atoms with Gasteiger partial charge in [-0.05, 0) is 18.6 Å². The Labute approximate surface area is 134 Å². The van der Waals surface area contributed by atoms with E-state index in [2.05, 4.69) is 5.32 Å². The number of rotatable bonds is 7. The summed E-state index contributed by atoms with van der Waals surface area (Å²) in [6, 6.07) is 4.89. The van der Waals surface area contributed by atoms with Crippen molar-refractivity contribution >= 4 is 11.7 Å². The Morgan fingerprint density at radius 1 is 1.35 bits per heavy atom. The number of hydrogen-bond donors (Lipinski definition) is 1. The molecule has 2 rings (SSSR count). The second-order valence-electron chi connectivity index (χ2n) is 5.38. The van der Waals surface area contributed by atoms with Gasteiger partial charge in [-0.25, -0.2) is 13.6 Å². The first kappa shape index (κ1) is 17.3. The van der Waals surface area contributed by atoms with Crippen molar-refractivity contribution < 1.29 is 23.0 Å². The Hall–Kier alpha value is -2.05. The van der Waals surface area contributed by atoms with Gasteiger partial charge in [0, 0.05) is 37.7 Å². The van der Waals surface area contributed by atoms with Crippen LogP contribution in [0.3, 0.4) is 0 Å². The summed E-state index contributed by atoms with van der Waals surface area (Å²) < 4.78 is 37.2. The predicted molar refractivity (Wildman–Crippen MR) is 83.7 cm³/mol. The SMILES string of the molecule is CCC(F)(F)CCOc1cc(N2CCCNC2=O)ccc1OC. The van der Waals surface area contributed by atoms with Gasteiger partial charge in [0.1, 0.15) is 0 Å². The van der Waals surface area contributed by atoms with Gasteiger partial charge >= 0.3 is 6.03 Å². The molecule has 5 nitrogen and oxygen atoms in total. The summed E-state index contributed by atoms with van der Waals surface area (Å²) in [7, 11) is 1.48. The molecule has 0 aliphatic carbocycles. The summed E-state index contributed by atoms with van der Waals surface area (Å²) in [5.41, 5.74) is 0.653. The van der Waals surface area contributed by atoms with E-state index in [0.717, 1.165) is 6.42 Å². The van der Waals surface area contributed by atoms with Crippen LogP contribution in [-0.4, -0.2) is 38.8 Å². The van der Waals surface area contributed by atoms with Gasteiger partial charge in [0.15, 0.2) is 11.5 Å². The van der Waals surface area contributed by atoms with E-state index in [4.69, 9.17) is 9.47 Å². The largest absolute Gasteiger partial charge is 0.493 e. The van der Waals surface area contributed by atoms with Crippen molar-refractivity contribution in [3.8, 4) is 11.5 Å². The predicted octanol–water partition coefficient (Wildman–Crippen LogP) is 3.43. The number of carbonyl (C=O) groups is 1. The summed E-state index contributed by atoms with van der Waals surface area (Å²) >= 11 is 0. The van der Waals surface area contributed by atoms with Gasteiger partial charge in [-0.1, -0.05) is 6.92 Å². The molecule has 1 aliphatic heterocycles. The monoisotopic (exact) mass is 328 g/mol. The van der Waals surface area contributed by atoms with Gasteiger partial charge in [-0.15, -0.1) is 0 Å². The molecule has 23 heavy (non-hydrogen) atoms. The number of nitrogens with one attached hydrogen (secondary N) is 1. The second kappa shape index (κ2) is 7.48. The average molecular weight is 328 g/mol. The third-order valence-corrected chi connectivity index (χ3v) is 3.78. The number of hydrogen-bond acceptors (Lipinski definition) is 3. The number of alkyl halides is 2. The molecule has 128 valence electrons. The van der Waals surface area contributed by atoms with Crippen LogP contribution < -0.4 is 19.7 Å². The first-order valence-corrected chi connectivity index (χ1v) is 7.71. The smallest absolute Gasteiger partial charge is 0.321 e. The fraction of sp³-hybridized carbons (Fsp3) is 0.562. The van der Waals surface area contributed by atoms with Gasteiger partial charge in [0.2, 0.25) is 0 Å². The lowest BCUT2D eigenvalue weighted by Crippen LogP contribution is -2.46. The number of methoxy groups -OCH3 is 1. The zero-order valence-corrected chi connectivity index (χ0v) is 13.4. The van der Waals surface area contributed by atoms with Crippen LogP contribution in [0.15, 0.2) is 18.2 Å². The number of ether oxygens (including phenoxy) is 2. The van der Waals surface area contributed by atoms with Crippen LogP contribution in [0, 0.1) is 0 Å². The average Bonchev–Trinajstić information content (AvgIpc) is 2.55. The highest BCUT2D eigenvalue weighted by atomic mass is 19.3. The Bertz CT molecular complexity index is 552. The molecule has 0 unspecified atom stereocenters. The first-order valence-electron chi connectivity index (χ1n) is 7.71. The van der Waals surface area contributed by atoms with Crippen LogP contribution >= 0.6 is 0 Å². The fourth-order valence-electron chi connectivity index (χ4n) is 2.31. The van der Waals surface area contributed by atoms with Crippen LogP contribution in [0.25, 0.3) is 0 Å². The van der Waals surface area contributed by atoms with Crippen molar-refractivity contribution in [3.05, 3.63) is 18.2 Å². The fourth-order valence-corrected chi connectivity index (χ4v) is 2.31. The minimum atomic E-state index is -2.74. The lowest BCUT2D eigenvalue weighted by molar-refractivity contribution is -0.0220. The summed E-state index contributed by atoms with van der Waals surface area (Å²) in [5, 5.41) is 2.77. The molecule has 0 atom stereocenters. The van der Waals surface area contributed by atoms with E-state index in [1.165, 1.54) is 14.0 Å². The molecule has 0 spiro atoms. The minimum absolute atomic E-state index is 0.118. The van der Waals surface area contributed by atoms with Gasteiger partial charge in [-0.2, -0.15) is 0 Å². The Morgan fingerprint density at radius 2 is 2.13 bits per heavy atom. The van der Waals surface area contributed by atoms with E-state index in [1.807, 2.05) is 0 Å². The summed E-state index contributed by atoms with van der Waals surface area (Å²) in [6.07, 6.45) is 0.263. The first-order chi connectivity index (χ1) is 11.0. The van der Waals surface area contributed by atoms with Crippen molar-refractivity contribution in [2.75, 3.05) is 31.7 Å². The van der Waals surface area contributed by atoms with Crippen molar-refractivity contribution in [2.45, 2.75) is 32.1 Å². The van der Waals surface area contributed by atoms with E-state index >= 15 is 0 Å². The Kier molecular flexibility index (Phi) is 5.63. The third kappa shape index (κ3) is 4.46. The van der Waals surface area contributed by atoms with E-state index in [1.54, 1.807) is 23.1 Å². The molecular weight excluding hydrogens is 306 g/mol. The zero-order chi connectivity index (χ0) is 16.9. The maximum atomic E-state index is 13.3. The highest BCUT2D eigenvalue weighted by molar-refractivity contribution is 5.93. The van der Waals surface area contributed by atoms with Gasteiger partial charge in [0.25, 0.3) is 5.92 Å². The molecular formula is C16H22F2N2O3. The second-order valence-corrected chi connectivity index (χ2v) is 5.38. The molecule has 1 fully saturated rings. The Morgan fingerprint density at radius 3 is 2.78 bits per heavy atom. The van der Waals surface area contributed by atoms with Gasteiger partial charge < -0.3 is 14.8 Å². The standard InChI is InChI=1S/C16H22F2N2O3/c1-3-16(17,18)7-10-23-14-11-12(5-6-13(14)22-2)20-9-4-8-19-15(20)21/h5-6,11H,3-4,7-10H2,1-2H3,(H,19,21). The van der Waals surface area contributed by atoms with E-state index in [9.17, 15) is 13.6 Å². The van der Waals surface area contributed by atoms with Crippen molar-refractivity contribution in [1.29, 1.82) is 0 Å². The topological polar surface area (TPSA) is 50.8 Å². The van der Waals surface area contributed by atoms with Crippen LogP contribution in [0.1, 0.15) is 26.2 Å². The van der Waals surface area contributed by atoms with Crippen molar-refractivity contribution in [2.24, 2.45) is 0 Å². The van der Waals surface area contributed by atoms with Gasteiger partial charge in [-0.3, -0.25) is 4.90 Å². The molecule has 0 saturated carbocycles. The number of benzene rings is 1. The lowest BCUT2D eigenvalue weighted by atomic mass is 10.2. The van der Waals surface area contributed by atoms with Crippen LogP contribution in [0.2, 0.25) is 0 Å². The van der Waals surface area contributed by atoms with Crippen molar-refractivity contribution in [3.63, 3.8) is 0 Å². The number of urea groups is 1. The molecule has 1 aliphatic rings. The lowest BCUT2D eigenvalue weighted by Gasteiger charge is -2.28.